The average Bonchev–Trinajstić information content (AvgIpc) is 2.43. The number of aromatic hydroxyl groups is 1. The van der Waals surface area contributed by atoms with Gasteiger partial charge < -0.3 is 10.2 Å². The number of halogens is 2. The molecule has 0 saturated heterocycles. The lowest BCUT2D eigenvalue weighted by Crippen LogP contribution is -2.00. The second kappa shape index (κ2) is 6.20. The number of carbonyl (C=O) groups is 1. The van der Waals surface area contributed by atoms with Crippen molar-refractivity contribution in [2.24, 2.45) is 0 Å². The Bertz CT molecular complexity index is 736. The molecule has 0 unspecified atom stereocenters. The summed E-state index contributed by atoms with van der Waals surface area (Å²) in [6.45, 7) is 1.84. The van der Waals surface area contributed by atoms with Crippen molar-refractivity contribution >= 4 is 40.8 Å². The summed E-state index contributed by atoms with van der Waals surface area (Å²) in [6.07, 6.45) is 1.48. The smallest absolute Gasteiger partial charge is 0.336 e. The molecule has 0 aromatic heterocycles. The first kappa shape index (κ1) is 15.4. The van der Waals surface area contributed by atoms with Crippen LogP contribution in [0, 0.1) is 6.92 Å². The van der Waals surface area contributed by atoms with Crippen LogP contribution >= 0.6 is 23.2 Å². The van der Waals surface area contributed by atoms with Crippen LogP contribution in [-0.4, -0.2) is 16.2 Å². The Labute approximate surface area is 132 Å². The Morgan fingerprint density at radius 3 is 2.38 bits per heavy atom. The maximum atomic E-state index is 11.5. The molecule has 2 aromatic rings. The van der Waals surface area contributed by atoms with E-state index >= 15 is 0 Å². The van der Waals surface area contributed by atoms with Crippen LogP contribution in [0.25, 0.3) is 11.6 Å². The second-order valence-corrected chi connectivity index (χ2v) is 5.35. The third kappa shape index (κ3) is 3.57. The maximum Gasteiger partial charge on any atom is 0.336 e. The van der Waals surface area contributed by atoms with Crippen molar-refractivity contribution in [2.75, 3.05) is 0 Å². The molecule has 0 fully saturated rings. The summed E-state index contributed by atoms with van der Waals surface area (Å²) in [7, 11) is 0. The normalized spacial score (nSPS) is 11.5. The zero-order chi connectivity index (χ0) is 15.6. The molecule has 0 bridgehead atoms. The Morgan fingerprint density at radius 1 is 1.10 bits per heavy atom. The molecule has 108 valence electrons. The third-order valence-corrected chi connectivity index (χ3v) is 3.71. The van der Waals surface area contributed by atoms with Gasteiger partial charge in [0.15, 0.2) is 0 Å². The molecule has 0 saturated carbocycles. The topological polar surface area (TPSA) is 57.5 Å². The summed E-state index contributed by atoms with van der Waals surface area (Å²) in [5.74, 6) is -1.12. The van der Waals surface area contributed by atoms with Crippen LogP contribution < -0.4 is 0 Å². The van der Waals surface area contributed by atoms with Gasteiger partial charge in [-0.25, -0.2) is 4.79 Å². The van der Waals surface area contributed by atoms with E-state index in [-0.39, 0.29) is 16.3 Å². The molecule has 21 heavy (non-hydrogen) atoms. The fourth-order valence-electron chi connectivity index (χ4n) is 1.81. The Morgan fingerprint density at radius 2 is 1.81 bits per heavy atom. The molecule has 2 aromatic carbocycles. The van der Waals surface area contributed by atoms with Crippen molar-refractivity contribution in [2.45, 2.75) is 6.92 Å². The zero-order valence-corrected chi connectivity index (χ0v) is 12.6. The van der Waals surface area contributed by atoms with E-state index in [4.69, 9.17) is 23.2 Å². The highest BCUT2D eigenvalue weighted by atomic mass is 35.5. The quantitative estimate of drug-likeness (QED) is 0.639. The van der Waals surface area contributed by atoms with Crippen LogP contribution in [-0.2, 0) is 4.79 Å². The van der Waals surface area contributed by atoms with E-state index in [1.807, 2.05) is 6.92 Å². The molecule has 0 atom stereocenters. The van der Waals surface area contributed by atoms with Crippen molar-refractivity contribution in [1.29, 1.82) is 0 Å². The van der Waals surface area contributed by atoms with Crippen molar-refractivity contribution < 1.29 is 15.0 Å². The summed E-state index contributed by atoms with van der Waals surface area (Å²) >= 11 is 11.9. The van der Waals surface area contributed by atoms with Gasteiger partial charge in [-0.3, -0.25) is 0 Å². The second-order valence-electron chi connectivity index (χ2n) is 4.54. The van der Waals surface area contributed by atoms with Gasteiger partial charge in [0.2, 0.25) is 0 Å². The van der Waals surface area contributed by atoms with E-state index in [0.29, 0.717) is 16.1 Å². The number of benzene rings is 2. The number of carboxylic acid groups (broad SMARTS) is 1. The Hall–Kier alpha value is -1.97. The summed E-state index contributed by atoms with van der Waals surface area (Å²) in [6, 6.07) is 9.56. The van der Waals surface area contributed by atoms with E-state index in [1.54, 1.807) is 24.3 Å². The highest BCUT2D eigenvalue weighted by Crippen LogP contribution is 2.28. The number of rotatable bonds is 3. The molecule has 0 aliphatic rings. The lowest BCUT2D eigenvalue weighted by Gasteiger charge is -2.06. The van der Waals surface area contributed by atoms with Crippen molar-refractivity contribution in [1.82, 2.24) is 0 Å². The standard InChI is InChI=1S/C16H12Cl2O3/c1-9-2-4-11(8-13(9)17)12(16(20)21)6-10-3-5-15(19)14(18)7-10/h2-8,19H,1H3,(H,20,21)/b12-6-. The minimum atomic E-state index is -1.07. The molecular weight excluding hydrogens is 311 g/mol. The monoisotopic (exact) mass is 322 g/mol. The van der Waals surface area contributed by atoms with Gasteiger partial charge in [-0.15, -0.1) is 0 Å². The van der Waals surface area contributed by atoms with Crippen molar-refractivity contribution in [3.05, 3.63) is 63.1 Å². The number of carboxylic acids is 1. The Balaban J connectivity index is 2.51. The van der Waals surface area contributed by atoms with E-state index in [0.717, 1.165) is 5.56 Å². The molecule has 0 spiro atoms. The van der Waals surface area contributed by atoms with Gasteiger partial charge in [-0.05, 0) is 47.9 Å². The fraction of sp³-hybridized carbons (Fsp3) is 0.0625. The first-order valence-corrected chi connectivity index (χ1v) is 6.84. The third-order valence-electron chi connectivity index (χ3n) is 3.00. The summed E-state index contributed by atoms with van der Waals surface area (Å²) in [5.41, 5.74) is 2.05. The summed E-state index contributed by atoms with van der Waals surface area (Å²) in [4.78, 5) is 11.5. The molecule has 0 aliphatic carbocycles. The van der Waals surface area contributed by atoms with Gasteiger partial charge in [0, 0.05) is 5.02 Å². The predicted molar refractivity (Wildman–Crippen MR) is 84.8 cm³/mol. The van der Waals surface area contributed by atoms with E-state index < -0.39 is 5.97 Å². The number of aliphatic carboxylic acids is 1. The molecule has 2 rings (SSSR count). The van der Waals surface area contributed by atoms with Crippen LogP contribution in [0.3, 0.4) is 0 Å². The fourth-order valence-corrected chi connectivity index (χ4v) is 2.18. The number of aryl methyl sites for hydroxylation is 1. The number of phenols is 1. The highest BCUT2D eigenvalue weighted by Gasteiger charge is 2.12. The maximum absolute atomic E-state index is 11.5. The first-order valence-electron chi connectivity index (χ1n) is 6.08. The average molecular weight is 323 g/mol. The van der Waals surface area contributed by atoms with E-state index in [9.17, 15) is 15.0 Å². The lowest BCUT2D eigenvalue weighted by molar-refractivity contribution is -0.130. The summed E-state index contributed by atoms with van der Waals surface area (Å²) < 4.78 is 0. The van der Waals surface area contributed by atoms with Gasteiger partial charge in [-0.1, -0.05) is 41.4 Å². The highest BCUT2D eigenvalue weighted by molar-refractivity contribution is 6.32. The van der Waals surface area contributed by atoms with Gasteiger partial charge in [0.25, 0.3) is 0 Å². The minimum Gasteiger partial charge on any atom is -0.506 e. The van der Waals surface area contributed by atoms with Crippen LogP contribution in [0.15, 0.2) is 36.4 Å². The first-order chi connectivity index (χ1) is 9.88. The SMILES string of the molecule is Cc1ccc(/C(=C/c2ccc(O)c(Cl)c2)C(=O)O)cc1Cl. The lowest BCUT2D eigenvalue weighted by atomic mass is 10.0. The van der Waals surface area contributed by atoms with Gasteiger partial charge >= 0.3 is 5.97 Å². The summed E-state index contributed by atoms with van der Waals surface area (Å²) in [5, 5.41) is 19.4. The van der Waals surface area contributed by atoms with Crippen molar-refractivity contribution in [3.63, 3.8) is 0 Å². The number of hydrogen-bond donors (Lipinski definition) is 2. The molecular formula is C16H12Cl2O3. The number of phenolic OH excluding ortho intramolecular Hbond substituents is 1. The van der Waals surface area contributed by atoms with Crippen LogP contribution in [0.4, 0.5) is 0 Å². The van der Waals surface area contributed by atoms with E-state index in [2.05, 4.69) is 0 Å². The van der Waals surface area contributed by atoms with Gasteiger partial charge in [0.05, 0.1) is 10.6 Å². The zero-order valence-electron chi connectivity index (χ0n) is 11.1. The number of hydrogen-bond acceptors (Lipinski definition) is 2. The molecule has 0 amide bonds. The molecule has 5 heteroatoms. The Kier molecular flexibility index (Phi) is 4.56. The van der Waals surface area contributed by atoms with E-state index in [1.165, 1.54) is 18.2 Å². The molecule has 3 nitrogen and oxygen atoms in total. The molecule has 0 aliphatic heterocycles. The molecule has 0 heterocycles. The molecule has 0 radical (unpaired) electrons. The largest absolute Gasteiger partial charge is 0.506 e. The predicted octanol–water partition coefficient (Wildman–Crippen LogP) is 4.63. The van der Waals surface area contributed by atoms with Crippen LogP contribution in [0.5, 0.6) is 5.75 Å². The van der Waals surface area contributed by atoms with Crippen LogP contribution in [0.2, 0.25) is 10.0 Å². The molecule has 2 N–H and O–H groups in total. The van der Waals surface area contributed by atoms with Crippen molar-refractivity contribution in [3.8, 4) is 5.75 Å². The van der Waals surface area contributed by atoms with Gasteiger partial charge in [-0.2, -0.15) is 0 Å². The minimum absolute atomic E-state index is 0.0518. The van der Waals surface area contributed by atoms with Gasteiger partial charge in [0.1, 0.15) is 5.75 Å². The van der Waals surface area contributed by atoms with Crippen LogP contribution in [0.1, 0.15) is 16.7 Å².